The van der Waals surface area contributed by atoms with Crippen molar-refractivity contribution >= 4 is 0 Å². The zero-order valence-corrected chi connectivity index (χ0v) is 11.3. The summed E-state index contributed by atoms with van der Waals surface area (Å²) < 4.78 is 0. The SMILES string of the molecule is CC.C[C@H](c1ccccc1)N1CCC(CO)C1. The predicted octanol–water partition coefficient (Wildman–Crippen LogP) is 3.09. The number of aliphatic hydroxyl groups is 1. The summed E-state index contributed by atoms with van der Waals surface area (Å²) in [6.45, 7) is 8.72. The van der Waals surface area contributed by atoms with Crippen LogP contribution in [0.3, 0.4) is 0 Å². The summed E-state index contributed by atoms with van der Waals surface area (Å²) in [4.78, 5) is 2.45. The van der Waals surface area contributed by atoms with Crippen LogP contribution >= 0.6 is 0 Å². The molecule has 0 amide bonds. The van der Waals surface area contributed by atoms with Crippen molar-refractivity contribution < 1.29 is 5.11 Å². The number of benzene rings is 1. The van der Waals surface area contributed by atoms with Crippen molar-refractivity contribution in [2.75, 3.05) is 19.7 Å². The Morgan fingerprint density at radius 2 is 1.94 bits per heavy atom. The number of hydrogen-bond acceptors (Lipinski definition) is 2. The van der Waals surface area contributed by atoms with E-state index in [1.54, 1.807) is 0 Å². The largest absolute Gasteiger partial charge is 0.396 e. The van der Waals surface area contributed by atoms with Crippen LogP contribution in [-0.2, 0) is 0 Å². The normalized spacial score (nSPS) is 21.8. The maximum absolute atomic E-state index is 9.11. The number of nitrogens with zero attached hydrogens (tertiary/aromatic N) is 1. The van der Waals surface area contributed by atoms with Crippen LogP contribution in [0.5, 0.6) is 0 Å². The van der Waals surface area contributed by atoms with Crippen molar-refractivity contribution in [3.8, 4) is 0 Å². The first-order valence-electron chi connectivity index (χ1n) is 6.71. The van der Waals surface area contributed by atoms with E-state index in [0.29, 0.717) is 18.6 Å². The van der Waals surface area contributed by atoms with Gasteiger partial charge in [-0.2, -0.15) is 0 Å². The molecule has 0 radical (unpaired) electrons. The van der Waals surface area contributed by atoms with Gasteiger partial charge < -0.3 is 5.11 Å². The smallest absolute Gasteiger partial charge is 0.0471 e. The average Bonchev–Trinajstić information content (AvgIpc) is 2.90. The van der Waals surface area contributed by atoms with Gasteiger partial charge in [0.25, 0.3) is 0 Å². The number of hydrogen-bond donors (Lipinski definition) is 1. The first kappa shape index (κ1) is 14.2. The highest BCUT2D eigenvalue weighted by Crippen LogP contribution is 2.26. The van der Waals surface area contributed by atoms with Crippen molar-refractivity contribution in [2.45, 2.75) is 33.2 Å². The molecule has 1 fully saturated rings. The molecule has 2 atom stereocenters. The zero-order chi connectivity index (χ0) is 12.7. The summed E-state index contributed by atoms with van der Waals surface area (Å²) in [5.41, 5.74) is 1.37. The summed E-state index contributed by atoms with van der Waals surface area (Å²) in [7, 11) is 0. The zero-order valence-electron chi connectivity index (χ0n) is 11.3. The highest BCUT2D eigenvalue weighted by atomic mass is 16.3. The molecule has 1 aliphatic heterocycles. The quantitative estimate of drug-likeness (QED) is 0.870. The highest BCUT2D eigenvalue weighted by Gasteiger charge is 2.25. The van der Waals surface area contributed by atoms with Crippen molar-refractivity contribution in [1.82, 2.24) is 4.90 Å². The molecule has 0 aromatic heterocycles. The van der Waals surface area contributed by atoms with Gasteiger partial charge >= 0.3 is 0 Å². The number of likely N-dealkylation sites (tertiary alicyclic amines) is 1. The molecule has 1 aliphatic rings. The van der Waals surface area contributed by atoms with Gasteiger partial charge in [0.15, 0.2) is 0 Å². The van der Waals surface area contributed by atoms with Gasteiger partial charge in [-0.15, -0.1) is 0 Å². The molecule has 1 unspecified atom stereocenters. The van der Waals surface area contributed by atoms with Crippen molar-refractivity contribution in [3.63, 3.8) is 0 Å². The van der Waals surface area contributed by atoms with Gasteiger partial charge in [0.1, 0.15) is 0 Å². The van der Waals surface area contributed by atoms with Crippen LogP contribution in [0, 0.1) is 5.92 Å². The van der Waals surface area contributed by atoms with Gasteiger partial charge in [-0.3, -0.25) is 4.90 Å². The minimum atomic E-state index is 0.331. The molecule has 17 heavy (non-hydrogen) atoms. The van der Waals surface area contributed by atoms with Crippen LogP contribution in [0.2, 0.25) is 0 Å². The second-order valence-electron chi connectivity index (χ2n) is 4.42. The lowest BCUT2D eigenvalue weighted by molar-refractivity contribution is 0.204. The van der Waals surface area contributed by atoms with E-state index >= 15 is 0 Å². The van der Waals surface area contributed by atoms with Crippen LogP contribution in [-0.4, -0.2) is 29.7 Å². The van der Waals surface area contributed by atoms with E-state index in [0.717, 1.165) is 19.5 Å². The fourth-order valence-corrected chi connectivity index (χ4v) is 2.31. The summed E-state index contributed by atoms with van der Waals surface area (Å²) >= 11 is 0. The van der Waals surface area contributed by atoms with Gasteiger partial charge in [-0.25, -0.2) is 0 Å². The Hall–Kier alpha value is -0.860. The molecule has 96 valence electrons. The topological polar surface area (TPSA) is 23.5 Å². The second kappa shape index (κ2) is 7.46. The third-order valence-electron chi connectivity index (χ3n) is 3.41. The Labute approximate surface area is 105 Å². The molecule has 0 aliphatic carbocycles. The van der Waals surface area contributed by atoms with Crippen molar-refractivity contribution in [1.29, 1.82) is 0 Å². The Bertz CT molecular complexity index is 299. The minimum absolute atomic E-state index is 0.331. The molecule has 2 nitrogen and oxygen atoms in total. The van der Waals surface area contributed by atoms with E-state index in [9.17, 15) is 0 Å². The van der Waals surface area contributed by atoms with E-state index in [2.05, 4.69) is 42.2 Å². The molecule has 0 bridgehead atoms. The van der Waals surface area contributed by atoms with Crippen LogP contribution in [0.4, 0.5) is 0 Å². The van der Waals surface area contributed by atoms with E-state index in [-0.39, 0.29) is 0 Å². The van der Waals surface area contributed by atoms with Gasteiger partial charge in [0, 0.05) is 19.2 Å². The molecular weight excluding hydrogens is 210 g/mol. The van der Waals surface area contributed by atoms with Crippen molar-refractivity contribution in [3.05, 3.63) is 35.9 Å². The summed E-state index contributed by atoms with van der Waals surface area (Å²) in [6, 6.07) is 11.1. The third kappa shape index (κ3) is 3.83. The summed E-state index contributed by atoms with van der Waals surface area (Å²) in [5, 5.41) is 9.11. The van der Waals surface area contributed by atoms with Gasteiger partial charge in [0.05, 0.1) is 0 Å². The van der Waals surface area contributed by atoms with Crippen molar-refractivity contribution in [2.24, 2.45) is 5.92 Å². The number of rotatable bonds is 3. The Morgan fingerprint density at radius 3 is 2.47 bits per heavy atom. The van der Waals surface area contributed by atoms with Gasteiger partial charge in [-0.1, -0.05) is 44.2 Å². The van der Waals surface area contributed by atoms with Crippen LogP contribution in [0.15, 0.2) is 30.3 Å². The lowest BCUT2D eigenvalue weighted by atomic mass is 10.1. The maximum atomic E-state index is 9.11. The minimum Gasteiger partial charge on any atom is -0.396 e. The van der Waals surface area contributed by atoms with Crippen LogP contribution in [0.25, 0.3) is 0 Å². The van der Waals surface area contributed by atoms with Crippen LogP contribution in [0.1, 0.15) is 38.8 Å². The van der Waals surface area contributed by atoms with Gasteiger partial charge in [-0.05, 0) is 31.4 Å². The Kier molecular flexibility index (Phi) is 6.23. The maximum Gasteiger partial charge on any atom is 0.0471 e. The Morgan fingerprint density at radius 1 is 1.29 bits per heavy atom. The molecule has 1 aromatic carbocycles. The first-order chi connectivity index (χ1) is 8.31. The molecule has 1 saturated heterocycles. The standard InChI is InChI=1S/C13H19NO.C2H6/c1-11(13-5-3-2-4-6-13)14-8-7-12(9-14)10-15;1-2/h2-6,11-12,15H,7-10H2,1H3;1-2H3/t11-,12?;/m1./s1. The third-order valence-corrected chi connectivity index (χ3v) is 3.41. The van der Waals surface area contributed by atoms with E-state index < -0.39 is 0 Å². The predicted molar refractivity (Wildman–Crippen MR) is 73.0 cm³/mol. The van der Waals surface area contributed by atoms with E-state index in [1.807, 2.05) is 13.8 Å². The molecule has 2 heteroatoms. The summed E-state index contributed by atoms with van der Waals surface area (Å²) in [5.74, 6) is 0.483. The molecule has 0 saturated carbocycles. The fraction of sp³-hybridized carbons (Fsp3) is 0.600. The monoisotopic (exact) mass is 235 g/mol. The lowest BCUT2D eigenvalue weighted by Crippen LogP contribution is -2.25. The first-order valence-corrected chi connectivity index (χ1v) is 6.71. The fourth-order valence-electron chi connectivity index (χ4n) is 2.31. The molecular formula is C15H25NO. The molecule has 0 spiro atoms. The second-order valence-corrected chi connectivity index (χ2v) is 4.42. The van der Waals surface area contributed by atoms with E-state index in [1.165, 1.54) is 5.56 Å². The van der Waals surface area contributed by atoms with Crippen LogP contribution < -0.4 is 0 Å². The lowest BCUT2D eigenvalue weighted by Gasteiger charge is -2.24. The Balaban J connectivity index is 0.000000686. The molecule has 1 heterocycles. The molecule has 1 N–H and O–H groups in total. The van der Waals surface area contributed by atoms with Gasteiger partial charge in [0.2, 0.25) is 0 Å². The average molecular weight is 235 g/mol. The highest BCUT2D eigenvalue weighted by molar-refractivity contribution is 5.18. The molecule has 2 rings (SSSR count). The molecule has 1 aromatic rings. The summed E-state index contributed by atoms with van der Waals surface area (Å²) in [6.07, 6.45) is 1.13. The van der Waals surface area contributed by atoms with E-state index in [4.69, 9.17) is 5.11 Å². The number of aliphatic hydroxyl groups excluding tert-OH is 1.